The molecule has 0 bridgehead atoms. The van der Waals surface area contributed by atoms with Gasteiger partial charge in [-0.2, -0.15) is 0 Å². The van der Waals surface area contributed by atoms with E-state index in [2.05, 4.69) is 0 Å². The number of hydrogen-bond donors (Lipinski definition) is 1. The van der Waals surface area contributed by atoms with E-state index in [9.17, 15) is 14.0 Å². The highest BCUT2D eigenvalue weighted by atomic mass is 19.1. The summed E-state index contributed by atoms with van der Waals surface area (Å²) in [4.78, 5) is 24.0. The zero-order chi connectivity index (χ0) is 14.5. The predicted octanol–water partition coefficient (Wildman–Crippen LogP) is 0.516. The molecule has 1 heterocycles. The first kappa shape index (κ1) is 14.3. The Morgan fingerprint density at radius 1 is 1.50 bits per heavy atom. The van der Waals surface area contributed by atoms with Crippen LogP contribution >= 0.6 is 0 Å². The Labute approximate surface area is 114 Å². The van der Waals surface area contributed by atoms with Gasteiger partial charge in [0, 0.05) is 12.6 Å². The van der Waals surface area contributed by atoms with Gasteiger partial charge in [0.2, 0.25) is 0 Å². The van der Waals surface area contributed by atoms with Crippen molar-refractivity contribution >= 4 is 11.9 Å². The summed E-state index contributed by atoms with van der Waals surface area (Å²) in [7, 11) is 0. The Hall–Kier alpha value is -2.15. The lowest BCUT2D eigenvalue weighted by Crippen LogP contribution is -2.49. The van der Waals surface area contributed by atoms with Crippen LogP contribution in [0, 0.1) is 5.82 Å². The van der Waals surface area contributed by atoms with Gasteiger partial charge in [0.15, 0.2) is 12.7 Å². The number of amides is 1. The van der Waals surface area contributed by atoms with Gasteiger partial charge in [0.1, 0.15) is 11.6 Å². The van der Waals surface area contributed by atoms with Crippen molar-refractivity contribution in [3.63, 3.8) is 0 Å². The molecule has 1 aromatic rings. The fourth-order valence-corrected chi connectivity index (χ4v) is 1.82. The van der Waals surface area contributed by atoms with Crippen molar-refractivity contribution in [3.8, 4) is 5.75 Å². The number of ether oxygens (including phenoxy) is 2. The van der Waals surface area contributed by atoms with Crippen LogP contribution in [0.25, 0.3) is 0 Å². The van der Waals surface area contributed by atoms with Crippen molar-refractivity contribution in [2.24, 2.45) is 0 Å². The highest BCUT2D eigenvalue weighted by molar-refractivity contribution is 5.79. The molecule has 1 N–H and O–H groups in total. The van der Waals surface area contributed by atoms with Gasteiger partial charge in [-0.1, -0.05) is 6.07 Å². The number of nitrogens with zero attached hydrogens (tertiary/aromatic N) is 1. The van der Waals surface area contributed by atoms with E-state index in [1.165, 1.54) is 29.2 Å². The van der Waals surface area contributed by atoms with Crippen LogP contribution in [0.3, 0.4) is 0 Å². The van der Waals surface area contributed by atoms with Crippen molar-refractivity contribution in [2.45, 2.75) is 6.10 Å². The molecular weight excluding hydrogens is 269 g/mol. The number of hydrogen-bond acceptors (Lipinski definition) is 4. The van der Waals surface area contributed by atoms with Crippen LogP contribution in [0.5, 0.6) is 5.75 Å². The summed E-state index contributed by atoms with van der Waals surface area (Å²) in [5, 5.41) is 8.84. The van der Waals surface area contributed by atoms with Crippen LogP contribution in [0.15, 0.2) is 24.3 Å². The van der Waals surface area contributed by atoms with Gasteiger partial charge < -0.3 is 19.5 Å². The van der Waals surface area contributed by atoms with Crippen LogP contribution in [-0.2, 0) is 14.3 Å². The first-order chi connectivity index (χ1) is 9.56. The van der Waals surface area contributed by atoms with E-state index < -0.39 is 17.9 Å². The molecule has 7 heteroatoms. The Bertz CT molecular complexity index is 507. The largest absolute Gasteiger partial charge is 0.484 e. The van der Waals surface area contributed by atoms with E-state index in [-0.39, 0.29) is 31.4 Å². The quantitative estimate of drug-likeness (QED) is 0.871. The topological polar surface area (TPSA) is 76.1 Å². The second-order valence-corrected chi connectivity index (χ2v) is 4.28. The number of carboxylic acids is 1. The summed E-state index contributed by atoms with van der Waals surface area (Å²) in [6.07, 6.45) is -1.01. The number of benzene rings is 1. The highest BCUT2D eigenvalue weighted by Gasteiger charge is 2.28. The predicted molar refractivity (Wildman–Crippen MR) is 65.9 cm³/mol. The Kier molecular flexibility index (Phi) is 4.52. The first-order valence-electron chi connectivity index (χ1n) is 6.07. The maximum atomic E-state index is 12.9. The summed E-state index contributed by atoms with van der Waals surface area (Å²) in [5.74, 6) is -1.66. The maximum Gasteiger partial charge on any atom is 0.334 e. The van der Waals surface area contributed by atoms with E-state index in [0.29, 0.717) is 6.54 Å². The maximum absolute atomic E-state index is 12.9. The number of halogens is 1. The number of carbonyl (C=O) groups excluding carboxylic acids is 1. The molecule has 0 saturated carbocycles. The number of morpholine rings is 1. The standard InChI is InChI=1S/C13H14FNO5/c14-9-2-1-3-10(6-9)20-8-12(16)15-4-5-19-11(7-15)13(17)18/h1-3,6,11H,4-5,7-8H2,(H,17,18). The van der Waals surface area contributed by atoms with Gasteiger partial charge in [-0.3, -0.25) is 4.79 Å². The summed E-state index contributed by atoms with van der Waals surface area (Å²) < 4.78 is 23.1. The van der Waals surface area contributed by atoms with Gasteiger partial charge >= 0.3 is 5.97 Å². The molecule has 2 rings (SSSR count). The van der Waals surface area contributed by atoms with Crippen LogP contribution in [0.2, 0.25) is 0 Å². The van der Waals surface area contributed by atoms with Crippen molar-refractivity contribution in [2.75, 3.05) is 26.3 Å². The van der Waals surface area contributed by atoms with E-state index in [1.54, 1.807) is 0 Å². The molecule has 6 nitrogen and oxygen atoms in total. The third-order valence-electron chi connectivity index (χ3n) is 2.85. The summed E-state index contributed by atoms with van der Waals surface area (Å²) in [5.41, 5.74) is 0. The van der Waals surface area contributed by atoms with E-state index in [4.69, 9.17) is 14.6 Å². The second kappa shape index (κ2) is 6.33. The van der Waals surface area contributed by atoms with E-state index in [1.807, 2.05) is 0 Å². The molecule has 0 aliphatic carbocycles. The molecule has 1 aliphatic heterocycles. The fraction of sp³-hybridized carbons (Fsp3) is 0.385. The van der Waals surface area contributed by atoms with Crippen molar-refractivity contribution in [1.82, 2.24) is 4.90 Å². The monoisotopic (exact) mass is 283 g/mol. The number of rotatable bonds is 4. The van der Waals surface area contributed by atoms with E-state index >= 15 is 0 Å². The molecule has 0 spiro atoms. The van der Waals surface area contributed by atoms with Crippen molar-refractivity contribution in [1.29, 1.82) is 0 Å². The minimum atomic E-state index is -1.10. The first-order valence-corrected chi connectivity index (χ1v) is 6.07. The Morgan fingerprint density at radius 2 is 2.30 bits per heavy atom. The molecule has 0 aromatic heterocycles. The van der Waals surface area contributed by atoms with Gasteiger partial charge in [0.05, 0.1) is 13.2 Å². The molecule has 1 fully saturated rings. The molecule has 0 radical (unpaired) electrons. The molecular formula is C13H14FNO5. The molecule has 20 heavy (non-hydrogen) atoms. The van der Waals surface area contributed by atoms with Crippen LogP contribution in [-0.4, -0.2) is 54.3 Å². The molecule has 1 amide bonds. The van der Waals surface area contributed by atoms with Gasteiger partial charge in [-0.05, 0) is 12.1 Å². The fourth-order valence-electron chi connectivity index (χ4n) is 1.82. The molecule has 108 valence electrons. The lowest BCUT2D eigenvalue weighted by Gasteiger charge is -2.30. The molecule has 1 saturated heterocycles. The minimum Gasteiger partial charge on any atom is -0.484 e. The summed E-state index contributed by atoms with van der Waals surface area (Å²) in [6, 6.07) is 5.46. The van der Waals surface area contributed by atoms with E-state index in [0.717, 1.165) is 0 Å². The molecule has 1 atom stereocenters. The van der Waals surface area contributed by atoms with Crippen LogP contribution in [0.1, 0.15) is 0 Å². The third kappa shape index (κ3) is 3.67. The average Bonchev–Trinajstić information content (AvgIpc) is 2.45. The van der Waals surface area contributed by atoms with Crippen LogP contribution in [0.4, 0.5) is 4.39 Å². The third-order valence-corrected chi connectivity index (χ3v) is 2.85. The summed E-state index contributed by atoms with van der Waals surface area (Å²) >= 11 is 0. The normalized spacial score (nSPS) is 18.6. The average molecular weight is 283 g/mol. The minimum absolute atomic E-state index is 0.0132. The van der Waals surface area contributed by atoms with Gasteiger partial charge in [-0.25, -0.2) is 9.18 Å². The van der Waals surface area contributed by atoms with Crippen molar-refractivity contribution in [3.05, 3.63) is 30.1 Å². The van der Waals surface area contributed by atoms with Crippen LogP contribution < -0.4 is 4.74 Å². The van der Waals surface area contributed by atoms with Crippen molar-refractivity contribution < 1.29 is 28.6 Å². The smallest absolute Gasteiger partial charge is 0.334 e. The molecule has 1 aliphatic rings. The summed E-state index contributed by atoms with van der Waals surface area (Å²) in [6.45, 7) is 0.203. The Balaban J connectivity index is 1.87. The second-order valence-electron chi connectivity index (χ2n) is 4.28. The van der Waals surface area contributed by atoms with Gasteiger partial charge in [-0.15, -0.1) is 0 Å². The number of aliphatic carboxylic acids is 1. The zero-order valence-electron chi connectivity index (χ0n) is 10.6. The number of carboxylic acid groups (broad SMARTS) is 1. The lowest BCUT2D eigenvalue weighted by molar-refractivity contribution is -0.159. The Morgan fingerprint density at radius 3 is 3.00 bits per heavy atom. The molecule has 1 unspecified atom stereocenters. The highest BCUT2D eigenvalue weighted by Crippen LogP contribution is 2.12. The number of carbonyl (C=O) groups is 2. The van der Waals surface area contributed by atoms with Gasteiger partial charge in [0.25, 0.3) is 5.91 Å². The zero-order valence-corrected chi connectivity index (χ0v) is 10.6. The molecule has 1 aromatic carbocycles. The lowest BCUT2D eigenvalue weighted by atomic mass is 10.2. The SMILES string of the molecule is O=C(O)C1CN(C(=O)COc2cccc(F)c2)CCO1.